The van der Waals surface area contributed by atoms with E-state index < -0.39 is 0 Å². The highest BCUT2D eigenvalue weighted by Gasteiger charge is 2.55. The molecule has 7 heteroatoms. The number of rotatable bonds is 6. The van der Waals surface area contributed by atoms with E-state index in [1.165, 1.54) is 43.4 Å². The number of aromatic nitrogens is 2. The van der Waals surface area contributed by atoms with E-state index in [4.69, 9.17) is 9.73 Å². The Bertz CT molecular complexity index is 666. The molecule has 28 heavy (non-hydrogen) atoms. The van der Waals surface area contributed by atoms with E-state index in [2.05, 4.69) is 43.4 Å². The molecule has 2 aliphatic carbocycles. The van der Waals surface area contributed by atoms with Gasteiger partial charge in [0.15, 0.2) is 5.96 Å². The minimum Gasteiger partial charge on any atom is -0.378 e. The van der Waals surface area contributed by atoms with E-state index in [0.717, 1.165) is 31.2 Å². The molecule has 1 heterocycles. The quantitative estimate of drug-likeness (QED) is 0.352. The first-order chi connectivity index (χ1) is 13.0. The topological polar surface area (TPSA) is 63.5 Å². The predicted octanol–water partition coefficient (Wildman–Crippen LogP) is 3.84. The van der Waals surface area contributed by atoms with Gasteiger partial charge in [-0.3, -0.25) is 4.68 Å². The average Bonchev–Trinajstić information content (AvgIpc) is 2.91. The number of hydrogen-bond acceptors (Lipinski definition) is 3. The van der Waals surface area contributed by atoms with Crippen LogP contribution >= 0.6 is 24.0 Å². The maximum Gasteiger partial charge on any atom is 0.191 e. The number of nitrogens with one attached hydrogen (secondary N) is 2. The van der Waals surface area contributed by atoms with Crippen molar-refractivity contribution >= 4 is 29.9 Å². The smallest absolute Gasteiger partial charge is 0.191 e. The number of nitrogens with zero attached hydrogens (tertiary/aromatic N) is 3. The fourth-order valence-electron chi connectivity index (χ4n) is 4.96. The van der Waals surface area contributed by atoms with Crippen molar-refractivity contribution in [2.24, 2.45) is 17.5 Å². The van der Waals surface area contributed by atoms with Gasteiger partial charge in [0.2, 0.25) is 0 Å². The number of guanidine groups is 1. The Morgan fingerprint density at radius 1 is 1.25 bits per heavy atom. The molecule has 2 fully saturated rings. The van der Waals surface area contributed by atoms with Gasteiger partial charge in [-0.05, 0) is 47.0 Å². The molecule has 2 N–H and O–H groups in total. The van der Waals surface area contributed by atoms with Crippen molar-refractivity contribution in [1.82, 2.24) is 20.4 Å². The summed E-state index contributed by atoms with van der Waals surface area (Å²) in [4.78, 5) is 4.89. The average molecular weight is 503 g/mol. The summed E-state index contributed by atoms with van der Waals surface area (Å²) in [6.07, 6.45) is 8.05. The summed E-state index contributed by atoms with van der Waals surface area (Å²) in [6.45, 7) is 10.8. The molecule has 2 saturated carbocycles. The molecule has 0 radical (unpaired) electrons. The monoisotopic (exact) mass is 503 g/mol. The first-order valence-electron chi connectivity index (χ1n) is 10.7. The van der Waals surface area contributed by atoms with Crippen LogP contribution < -0.4 is 10.6 Å². The molecule has 1 aromatic heterocycles. The van der Waals surface area contributed by atoms with Gasteiger partial charge < -0.3 is 15.4 Å². The molecule has 0 saturated heterocycles. The largest absolute Gasteiger partial charge is 0.378 e. The van der Waals surface area contributed by atoms with Crippen molar-refractivity contribution in [1.29, 1.82) is 0 Å². The van der Waals surface area contributed by atoms with E-state index in [-0.39, 0.29) is 24.0 Å². The third kappa shape index (κ3) is 4.66. The van der Waals surface area contributed by atoms with E-state index >= 15 is 0 Å². The molecule has 0 amide bonds. The summed E-state index contributed by atoms with van der Waals surface area (Å²) in [6, 6.07) is 0.461. The first-order valence-corrected chi connectivity index (χ1v) is 10.7. The maximum atomic E-state index is 6.10. The predicted molar refractivity (Wildman–Crippen MR) is 125 cm³/mol. The Balaban J connectivity index is 0.00000280. The number of ether oxygens (including phenoxy) is 1. The molecule has 3 rings (SSSR count). The highest BCUT2D eigenvalue weighted by atomic mass is 127. The Kier molecular flexibility index (Phi) is 8.60. The Labute approximate surface area is 187 Å². The zero-order chi connectivity index (χ0) is 19.4. The van der Waals surface area contributed by atoms with Crippen molar-refractivity contribution in [3.05, 3.63) is 17.0 Å². The highest BCUT2D eigenvalue weighted by Crippen LogP contribution is 2.53. The van der Waals surface area contributed by atoms with Crippen molar-refractivity contribution in [2.45, 2.75) is 84.9 Å². The molecule has 0 aliphatic heterocycles. The van der Waals surface area contributed by atoms with Crippen molar-refractivity contribution in [2.75, 3.05) is 13.2 Å². The minimum absolute atomic E-state index is 0. The van der Waals surface area contributed by atoms with Gasteiger partial charge in [0.1, 0.15) is 0 Å². The molecule has 2 atom stereocenters. The van der Waals surface area contributed by atoms with Gasteiger partial charge in [0.05, 0.1) is 18.3 Å². The lowest BCUT2D eigenvalue weighted by molar-refractivity contribution is -0.145. The van der Waals surface area contributed by atoms with Crippen LogP contribution in [0, 0.1) is 19.3 Å². The Morgan fingerprint density at radius 2 is 1.96 bits per heavy atom. The number of hydrogen-bond donors (Lipinski definition) is 2. The summed E-state index contributed by atoms with van der Waals surface area (Å²) >= 11 is 0. The summed E-state index contributed by atoms with van der Waals surface area (Å²) in [5, 5.41) is 11.7. The van der Waals surface area contributed by atoms with E-state index in [1.807, 2.05) is 11.7 Å². The van der Waals surface area contributed by atoms with Crippen LogP contribution in [0.3, 0.4) is 0 Å². The van der Waals surface area contributed by atoms with Crippen LogP contribution in [0.15, 0.2) is 4.99 Å². The fraction of sp³-hybridized carbons (Fsp3) is 0.810. The fourth-order valence-corrected chi connectivity index (χ4v) is 4.96. The standard InChI is InChI=1S/C21H37N5O.HI/c1-6-22-20(23-14-17-15(3)25-26(5)16(17)4)24-18-13-19(27-7-2)21(18)11-9-8-10-12-21;/h18-19H,6-14H2,1-5H3,(H2,22,23,24);1H. The second kappa shape index (κ2) is 10.3. The second-order valence-electron chi connectivity index (χ2n) is 8.14. The van der Waals surface area contributed by atoms with Crippen LogP contribution in [-0.4, -0.2) is 41.0 Å². The van der Waals surface area contributed by atoms with Crippen LogP contribution in [0.4, 0.5) is 0 Å². The van der Waals surface area contributed by atoms with Gasteiger partial charge in [-0.1, -0.05) is 19.3 Å². The molecular formula is C21H38IN5O. The van der Waals surface area contributed by atoms with E-state index in [1.54, 1.807) is 0 Å². The maximum absolute atomic E-state index is 6.10. The molecule has 2 aliphatic rings. The summed E-state index contributed by atoms with van der Waals surface area (Å²) in [7, 11) is 1.99. The molecule has 160 valence electrons. The number of halogens is 1. The van der Waals surface area contributed by atoms with E-state index in [0.29, 0.717) is 24.1 Å². The van der Waals surface area contributed by atoms with Crippen molar-refractivity contribution in [3.8, 4) is 0 Å². The van der Waals surface area contributed by atoms with Crippen LogP contribution in [0.2, 0.25) is 0 Å². The second-order valence-corrected chi connectivity index (χ2v) is 8.14. The lowest BCUT2D eigenvalue weighted by Gasteiger charge is -2.58. The Hall–Kier alpha value is -0.830. The van der Waals surface area contributed by atoms with Crippen LogP contribution in [0.1, 0.15) is 69.3 Å². The summed E-state index contributed by atoms with van der Waals surface area (Å²) in [5.74, 6) is 0.921. The van der Waals surface area contributed by atoms with Crippen LogP contribution in [0.25, 0.3) is 0 Å². The first kappa shape index (κ1) is 23.4. The summed E-state index contributed by atoms with van der Waals surface area (Å²) < 4.78 is 8.04. The van der Waals surface area contributed by atoms with Crippen LogP contribution in [-0.2, 0) is 18.3 Å². The molecule has 2 unspecified atom stereocenters. The van der Waals surface area contributed by atoms with E-state index in [9.17, 15) is 0 Å². The minimum atomic E-state index is 0. The molecule has 0 aromatic carbocycles. The van der Waals surface area contributed by atoms with Gasteiger partial charge in [0, 0.05) is 42.9 Å². The molecule has 1 spiro atoms. The highest BCUT2D eigenvalue weighted by molar-refractivity contribution is 14.0. The SMILES string of the molecule is CCNC(=NCc1c(C)nn(C)c1C)NC1CC(OCC)C12CCCCC2.I. The Morgan fingerprint density at radius 3 is 2.54 bits per heavy atom. The van der Waals surface area contributed by atoms with Crippen LogP contribution in [0.5, 0.6) is 0 Å². The van der Waals surface area contributed by atoms with Gasteiger partial charge >= 0.3 is 0 Å². The number of aliphatic imine (C=N–C) groups is 1. The molecule has 1 aromatic rings. The summed E-state index contributed by atoms with van der Waals surface area (Å²) in [5.41, 5.74) is 3.78. The molecule has 6 nitrogen and oxygen atoms in total. The molecule has 0 bridgehead atoms. The van der Waals surface area contributed by atoms with Gasteiger partial charge in [-0.2, -0.15) is 5.10 Å². The normalized spacial score (nSPS) is 23.8. The van der Waals surface area contributed by atoms with Gasteiger partial charge in [-0.15, -0.1) is 24.0 Å². The van der Waals surface area contributed by atoms with Gasteiger partial charge in [0.25, 0.3) is 0 Å². The zero-order valence-electron chi connectivity index (χ0n) is 18.2. The number of aryl methyl sites for hydroxylation is 2. The third-order valence-electron chi connectivity index (χ3n) is 6.65. The molecular weight excluding hydrogens is 465 g/mol. The third-order valence-corrected chi connectivity index (χ3v) is 6.65. The lowest BCUT2D eigenvalue weighted by Crippen LogP contribution is -2.66. The van der Waals surface area contributed by atoms with Gasteiger partial charge in [-0.25, -0.2) is 4.99 Å². The lowest BCUT2D eigenvalue weighted by atomic mass is 9.55. The zero-order valence-corrected chi connectivity index (χ0v) is 20.5. The van der Waals surface area contributed by atoms with Crippen molar-refractivity contribution < 1.29 is 4.74 Å². The van der Waals surface area contributed by atoms with Crippen molar-refractivity contribution in [3.63, 3.8) is 0 Å².